The molecule has 16 heavy (non-hydrogen) atoms. The number of isocyanates is 1. The average Bonchev–Trinajstić information content (AvgIpc) is 2.30. The summed E-state index contributed by atoms with van der Waals surface area (Å²) in [6.45, 7) is 0.122. The van der Waals surface area contributed by atoms with Crippen LogP contribution in [0.25, 0.3) is 0 Å². The number of carbonyl (C=O) groups excluding carboxylic acids is 1. The first kappa shape index (κ1) is 13.6. The molecule has 3 N–H and O–H groups in total. The topological polar surface area (TPSA) is 84.9 Å². The molecule has 1 aromatic carbocycles. The van der Waals surface area contributed by atoms with Gasteiger partial charge in [0.2, 0.25) is 6.08 Å². The number of ether oxygens (including phenoxy) is 1. The zero-order valence-corrected chi connectivity index (χ0v) is 8.80. The lowest BCUT2D eigenvalue weighted by Gasteiger charge is -2.04. The monoisotopic (exact) mass is 220 g/mol. The van der Waals surface area contributed by atoms with Crippen molar-refractivity contribution in [1.82, 2.24) is 0 Å². The van der Waals surface area contributed by atoms with Gasteiger partial charge in [0.25, 0.3) is 0 Å². The highest BCUT2D eigenvalue weighted by molar-refractivity contribution is 5.51. The molecule has 5 nitrogen and oxygen atoms in total. The van der Waals surface area contributed by atoms with Gasteiger partial charge in [-0.2, -0.15) is 0 Å². The molecule has 0 unspecified atom stereocenters. The molecule has 1 rings (SSSR count). The Morgan fingerprint density at radius 3 is 2.75 bits per heavy atom. The van der Waals surface area contributed by atoms with Crippen LogP contribution in [-0.4, -0.2) is 24.8 Å². The third kappa shape index (κ3) is 5.32. The third-order valence-electron chi connectivity index (χ3n) is 1.39. The number of nitrogens with two attached hydrogens (primary N) is 1. The maximum absolute atomic E-state index is 9.21. The van der Waals surface area contributed by atoms with E-state index >= 15 is 0 Å². The van der Waals surface area contributed by atoms with Crippen molar-refractivity contribution in [2.45, 2.75) is 0 Å². The minimum Gasteiger partial charge on any atom is -0.504 e. The molecule has 5 heteroatoms. The van der Waals surface area contributed by atoms with Crippen molar-refractivity contribution in [2.75, 3.05) is 19.4 Å². The Bertz CT molecular complexity index is 418. The molecule has 0 aliphatic carbocycles. The maximum atomic E-state index is 9.21. The molecule has 0 amide bonds. The Kier molecular flexibility index (Phi) is 6.71. The maximum Gasteiger partial charge on any atom is 0.234 e. The molecule has 0 atom stereocenters. The quantitative estimate of drug-likeness (QED) is 0.255. The van der Waals surface area contributed by atoms with Crippen LogP contribution in [0.15, 0.2) is 23.2 Å². The molecule has 0 aliphatic heterocycles. The summed E-state index contributed by atoms with van der Waals surface area (Å²) in [6, 6.07) is 4.56. The normalized spacial score (nSPS) is 7.75. The van der Waals surface area contributed by atoms with Crippen molar-refractivity contribution in [2.24, 2.45) is 4.99 Å². The molecule has 0 aliphatic rings. The second-order valence-corrected chi connectivity index (χ2v) is 2.53. The number of anilines is 1. The number of phenolic OH excluding ortho intramolecular Hbond substituents is 1. The van der Waals surface area contributed by atoms with Gasteiger partial charge in [-0.25, -0.2) is 9.79 Å². The van der Waals surface area contributed by atoms with E-state index < -0.39 is 0 Å². The van der Waals surface area contributed by atoms with Crippen LogP contribution in [0.5, 0.6) is 11.5 Å². The van der Waals surface area contributed by atoms with E-state index in [1.807, 2.05) is 0 Å². The number of aromatic hydroxyl groups is 1. The average molecular weight is 220 g/mol. The number of hydrogen-bond acceptors (Lipinski definition) is 5. The Morgan fingerprint density at radius 1 is 1.62 bits per heavy atom. The minimum absolute atomic E-state index is 0.0412. The zero-order chi connectivity index (χ0) is 12.4. The predicted molar refractivity (Wildman–Crippen MR) is 60.9 cm³/mol. The lowest BCUT2D eigenvalue weighted by atomic mass is 10.3. The first-order chi connectivity index (χ1) is 7.65. The lowest BCUT2D eigenvalue weighted by molar-refractivity contribution is 0.342. The van der Waals surface area contributed by atoms with Gasteiger partial charge in [-0.1, -0.05) is 5.92 Å². The zero-order valence-electron chi connectivity index (χ0n) is 8.80. The molecule has 0 spiro atoms. The van der Waals surface area contributed by atoms with E-state index in [1.165, 1.54) is 25.3 Å². The van der Waals surface area contributed by atoms with Gasteiger partial charge in [0.15, 0.2) is 11.5 Å². The smallest absolute Gasteiger partial charge is 0.234 e. The summed E-state index contributed by atoms with van der Waals surface area (Å²) in [5.74, 6) is 2.64. The van der Waals surface area contributed by atoms with Crippen molar-refractivity contribution in [3.8, 4) is 23.8 Å². The second-order valence-electron chi connectivity index (χ2n) is 2.53. The Morgan fingerprint density at radius 2 is 2.25 bits per heavy atom. The predicted octanol–water partition coefficient (Wildman–Crippen LogP) is 0.938. The Hall–Kier alpha value is -2.44. The molecule has 0 radical (unpaired) electrons. The summed E-state index contributed by atoms with van der Waals surface area (Å²) in [4.78, 5) is 11.8. The van der Waals surface area contributed by atoms with Gasteiger partial charge < -0.3 is 15.6 Å². The van der Waals surface area contributed by atoms with Crippen molar-refractivity contribution >= 4 is 11.8 Å². The van der Waals surface area contributed by atoms with Gasteiger partial charge in [0.1, 0.15) is 6.61 Å². The highest BCUT2D eigenvalue weighted by Crippen LogP contribution is 2.27. The van der Waals surface area contributed by atoms with E-state index in [0.717, 1.165) is 0 Å². The third-order valence-corrected chi connectivity index (χ3v) is 1.39. The summed E-state index contributed by atoms with van der Waals surface area (Å²) in [5.41, 5.74) is 5.98. The van der Waals surface area contributed by atoms with Gasteiger partial charge in [-0.05, 0) is 12.1 Å². The number of phenols is 1. The highest BCUT2D eigenvalue weighted by Gasteiger charge is 2.00. The standard InChI is InChI=1S/C9H9NO2.C2H3NO/c1-2-5-12-9-6-7(10)3-4-8(9)11;1-3-2-4/h1,3-4,6,11H,5,10H2;1H3. The van der Waals surface area contributed by atoms with Crippen LogP contribution in [0, 0.1) is 12.3 Å². The molecule has 1 aromatic rings. The van der Waals surface area contributed by atoms with Gasteiger partial charge in [0, 0.05) is 18.8 Å². The van der Waals surface area contributed by atoms with E-state index in [1.54, 1.807) is 6.07 Å². The number of hydrogen-bond donors (Lipinski definition) is 2. The number of benzene rings is 1. The molecule has 0 saturated carbocycles. The molecule has 84 valence electrons. The van der Waals surface area contributed by atoms with Crippen LogP contribution < -0.4 is 10.5 Å². The molecular weight excluding hydrogens is 208 g/mol. The minimum atomic E-state index is 0.0412. The molecule has 0 aromatic heterocycles. The van der Waals surface area contributed by atoms with E-state index in [-0.39, 0.29) is 12.4 Å². The van der Waals surface area contributed by atoms with E-state index in [9.17, 15) is 5.11 Å². The van der Waals surface area contributed by atoms with Crippen molar-refractivity contribution in [1.29, 1.82) is 0 Å². The first-order valence-electron chi connectivity index (χ1n) is 4.26. The van der Waals surface area contributed by atoms with Crippen molar-refractivity contribution < 1.29 is 14.6 Å². The summed E-state index contributed by atoms with van der Waals surface area (Å²) >= 11 is 0. The summed E-state index contributed by atoms with van der Waals surface area (Å²) in [6.07, 6.45) is 6.28. The van der Waals surface area contributed by atoms with Crippen LogP contribution in [0.4, 0.5) is 5.69 Å². The molecule has 0 heterocycles. The number of rotatable bonds is 2. The largest absolute Gasteiger partial charge is 0.504 e. The van der Waals surface area contributed by atoms with Gasteiger partial charge in [0.05, 0.1) is 0 Å². The van der Waals surface area contributed by atoms with Gasteiger partial charge in [-0.15, -0.1) is 6.42 Å². The number of terminal acetylenes is 1. The molecule has 0 fully saturated rings. The molecular formula is C11H12N2O3. The Balaban J connectivity index is 0.000000487. The summed E-state index contributed by atoms with van der Waals surface area (Å²) in [5, 5.41) is 9.21. The lowest BCUT2D eigenvalue weighted by Crippen LogP contribution is -1.94. The van der Waals surface area contributed by atoms with Crippen LogP contribution in [0.1, 0.15) is 0 Å². The van der Waals surface area contributed by atoms with Crippen LogP contribution >= 0.6 is 0 Å². The van der Waals surface area contributed by atoms with Gasteiger partial charge >= 0.3 is 0 Å². The summed E-state index contributed by atoms with van der Waals surface area (Å²) < 4.78 is 5.00. The van der Waals surface area contributed by atoms with Crippen LogP contribution in [0.3, 0.4) is 0 Å². The van der Waals surface area contributed by atoms with Crippen LogP contribution in [0.2, 0.25) is 0 Å². The van der Waals surface area contributed by atoms with E-state index in [4.69, 9.17) is 21.7 Å². The highest BCUT2D eigenvalue weighted by atomic mass is 16.5. The van der Waals surface area contributed by atoms with Crippen molar-refractivity contribution in [3.63, 3.8) is 0 Å². The second kappa shape index (κ2) is 7.92. The molecule has 0 bridgehead atoms. The first-order valence-corrected chi connectivity index (χ1v) is 4.26. The number of nitrogens with zero attached hydrogens (tertiary/aromatic N) is 1. The molecule has 0 saturated heterocycles. The number of nitrogen functional groups attached to an aromatic ring is 1. The van der Waals surface area contributed by atoms with Gasteiger partial charge in [-0.3, -0.25) is 0 Å². The summed E-state index contributed by atoms with van der Waals surface area (Å²) in [7, 11) is 1.38. The van der Waals surface area contributed by atoms with E-state index in [0.29, 0.717) is 11.4 Å². The SMILES string of the molecule is C#CCOc1cc(N)ccc1O.CN=C=O. The fraction of sp³-hybridized carbons (Fsp3) is 0.182. The number of aliphatic imine (C=N–C) groups is 1. The fourth-order valence-corrected chi connectivity index (χ4v) is 0.766. The van der Waals surface area contributed by atoms with Crippen LogP contribution in [-0.2, 0) is 4.79 Å². The Labute approximate surface area is 93.6 Å². The van der Waals surface area contributed by atoms with E-state index in [2.05, 4.69) is 10.9 Å². The fourth-order valence-electron chi connectivity index (χ4n) is 0.766. The van der Waals surface area contributed by atoms with Crippen molar-refractivity contribution in [3.05, 3.63) is 18.2 Å².